The smallest absolute Gasteiger partial charge is 0.261 e. The maximum atomic E-state index is 12.6. The number of carbonyl (C=O) groups excluding carboxylic acids is 1. The normalized spacial score (nSPS) is 12.1. The van der Waals surface area contributed by atoms with Crippen LogP contribution in [0.1, 0.15) is 28.9 Å². The minimum Gasteiger partial charge on any atom is -0.497 e. The van der Waals surface area contributed by atoms with E-state index in [9.17, 15) is 13.2 Å². The van der Waals surface area contributed by atoms with Crippen molar-refractivity contribution in [2.45, 2.75) is 17.9 Å². The summed E-state index contributed by atoms with van der Waals surface area (Å²) in [5.41, 5.74) is 1.55. The van der Waals surface area contributed by atoms with Gasteiger partial charge in [0.05, 0.1) is 18.0 Å². The second-order valence-electron chi connectivity index (χ2n) is 6.61. The van der Waals surface area contributed by atoms with Crippen molar-refractivity contribution in [3.63, 3.8) is 0 Å². The third-order valence-corrected chi connectivity index (χ3v) is 6.11. The number of sulfonamides is 1. The summed E-state index contributed by atoms with van der Waals surface area (Å²) < 4.78 is 32.7. The summed E-state index contributed by atoms with van der Waals surface area (Å²) >= 11 is 5.81. The van der Waals surface area contributed by atoms with Crippen LogP contribution in [0.15, 0.2) is 77.7 Å². The van der Waals surface area contributed by atoms with E-state index >= 15 is 0 Å². The largest absolute Gasteiger partial charge is 0.497 e. The number of hydrogen-bond acceptors (Lipinski definition) is 4. The van der Waals surface area contributed by atoms with Crippen LogP contribution in [0.25, 0.3) is 0 Å². The van der Waals surface area contributed by atoms with Crippen LogP contribution in [-0.2, 0) is 10.0 Å². The number of carbonyl (C=O) groups is 1. The molecule has 0 saturated carbocycles. The van der Waals surface area contributed by atoms with Gasteiger partial charge < -0.3 is 10.1 Å². The molecule has 30 heavy (non-hydrogen) atoms. The van der Waals surface area contributed by atoms with Crippen LogP contribution in [0, 0.1) is 0 Å². The van der Waals surface area contributed by atoms with Gasteiger partial charge in [0.25, 0.3) is 15.9 Å². The zero-order chi connectivity index (χ0) is 21.7. The van der Waals surface area contributed by atoms with E-state index in [1.807, 2.05) is 31.2 Å². The minimum absolute atomic E-state index is 0.0786. The third-order valence-electron chi connectivity index (χ3n) is 4.46. The van der Waals surface area contributed by atoms with E-state index in [4.69, 9.17) is 16.3 Å². The summed E-state index contributed by atoms with van der Waals surface area (Å²) in [4.78, 5) is 12.7. The van der Waals surface area contributed by atoms with Crippen LogP contribution in [-0.4, -0.2) is 21.4 Å². The van der Waals surface area contributed by atoms with Crippen molar-refractivity contribution < 1.29 is 17.9 Å². The number of ether oxygens (including phenoxy) is 1. The third kappa shape index (κ3) is 5.31. The summed E-state index contributed by atoms with van der Waals surface area (Å²) in [7, 11) is -2.21. The Morgan fingerprint density at radius 2 is 1.67 bits per heavy atom. The van der Waals surface area contributed by atoms with Gasteiger partial charge in [-0.2, -0.15) is 0 Å². The molecule has 3 aromatic carbocycles. The molecule has 2 N–H and O–H groups in total. The molecule has 0 aliphatic rings. The molecule has 0 aliphatic heterocycles. The molecule has 0 bridgehead atoms. The number of methoxy groups -OCH3 is 1. The lowest BCUT2D eigenvalue weighted by atomic mass is 10.1. The zero-order valence-electron chi connectivity index (χ0n) is 16.4. The molecule has 0 saturated heterocycles. The second kappa shape index (κ2) is 9.19. The van der Waals surface area contributed by atoms with Gasteiger partial charge >= 0.3 is 0 Å². The average Bonchev–Trinajstić information content (AvgIpc) is 2.74. The number of amides is 1. The summed E-state index contributed by atoms with van der Waals surface area (Å²) in [6.07, 6.45) is 0. The van der Waals surface area contributed by atoms with Crippen LogP contribution >= 0.6 is 11.6 Å². The number of rotatable bonds is 7. The molecule has 0 aliphatic carbocycles. The van der Waals surface area contributed by atoms with Crippen LogP contribution < -0.4 is 14.8 Å². The van der Waals surface area contributed by atoms with E-state index < -0.39 is 10.0 Å². The van der Waals surface area contributed by atoms with Crippen molar-refractivity contribution in [2.24, 2.45) is 0 Å². The minimum atomic E-state index is -3.80. The quantitative estimate of drug-likeness (QED) is 0.556. The molecular formula is C22H21ClN2O4S. The first-order chi connectivity index (χ1) is 14.3. The fourth-order valence-electron chi connectivity index (χ4n) is 2.81. The number of hydrogen-bond donors (Lipinski definition) is 2. The Labute approximate surface area is 180 Å². The van der Waals surface area contributed by atoms with Crippen LogP contribution in [0.2, 0.25) is 5.02 Å². The predicted octanol–water partition coefficient (Wildman–Crippen LogP) is 4.64. The van der Waals surface area contributed by atoms with Gasteiger partial charge in [-0.3, -0.25) is 9.52 Å². The van der Waals surface area contributed by atoms with E-state index in [2.05, 4.69) is 10.0 Å². The van der Waals surface area contributed by atoms with Crippen molar-refractivity contribution in [1.29, 1.82) is 0 Å². The number of benzene rings is 3. The van der Waals surface area contributed by atoms with Crippen molar-refractivity contribution in [1.82, 2.24) is 5.32 Å². The van der Waals surface area contributed by atoms with Gasteiger partial charge in [-0.05, 0) is 67.1 Å². The van der Waals surface area contributed by atoms with E-state index in [0.717, 1.165) is 11.3 Å². The van der Waals surface area contributed by atoms with Gasteiger partial charge in [0.1, 0.15) is 5.75 Å². The second-order valence-corrected chi connectivity index (χ2v) is 8.73. The molecule has 0 aromatic heterocycles. The first-order valence-corrected chi connectivity index (χ1v) is 11.0. The number of nitrogens with one attached hydrogen (secondary N) is 2. The van der Waals surface area contributed by atoms with Crippen LogP contribution in [0.5, 0.6) is 5.75 Å². The highest BCUT2D eigenvalue weighted by atomic mass is 35.5. The lowest BCUT2D eigenvalue weighted by Gasteiger charge is -2.15. The van der Waals surface area contributed by atoms with Crippen molar-refractivity contribution in [2.75, 3.05) is 11.8 Å². The molecule has 156 valence electrons. The maximum Gasteiger partial charge on any atom is 0.261 e. The molecule has 0 radical (unpaired) electrons. The fraction of sp³-hybridized carbons (Fsp3) is 0.136. The van der Waals surface area contributed by atoms with E-state index in [1.54, 1.807) is 25.3 Å². The molecule has 8 heteroatoms. The molecule has 0 unspecified atom stereocenters. The SMILES string of the molecule is COc1ccc([C@@H](C)NC(=O)c2cccc(NS(=O)(=O)c3ccc(Cl)cc3)c2)cc1. The van der Waals surface area contributed by atoms with Gasteiger partial charge in [0, 0.05) is 16.3 Å². The van der Waals surface area contributed by atoms with Crippen molar-refractivity contribution in [3.8, 4) is 5.75 Å². The Hall–Kier alpha value is -3.03. The van der Waals surface area contributed by atoms with Crippen LogP contribution in [0.4, 0.5) is 5.69 Å². The van der Waals surface area contributed by atoms with Crippen LogP contribution in [0.3, 0.4) is 0 Å². The van der Waals surface area contributed by atoms with E-state index in [1.165, 1.54) is 30.3 Å². The first-order valence-electron chi connectivity index (χ1n) is 9.12. The molecule has 3 rings (SSSR count). The van der Waals surface area contributed by atoms with Crippen molar-refractivity contribution in [3.05, 3.63) is 88.9 Å². The van der Waals surface area contributed by atoms with E-state index in [-0.39, 0.29) is 22.5 Å². The monoisotopic (exact) mass is 444 g/mol. The Bertz CT molecular complexity index is 1130. The first kappa shape index (κ1) is 21.7. The molecule has 6 nitrogen and oxygen atoms in total. The highest BCUT2D eigenvalue weighted by molar-refractivity contribution is 7.92. The lowest BCUT2D eigenvalue weighted by Crippen LogP contribution is -2.26. The van der Waals surface area contributed by atoms with Gasteiger partial charge in [0.2, 0.25) is 0 Å². The molecule has 3 aromatic rings. The lowest BCUT2D eigenvalue weighted by molar-refractivity contribution is 0.0940. The topological polar surface area (TPSA) is 84.5 Å². The zero-order valence-corrected chi connectivity index (χ0v) is 18.0. The summed E-state index contributed by atoms with van der Waals surface area (Å²) in [5, 5.41) is 3.35. The number of halogens is 1. The highest BCUT2D eigenvalue weighted by Crippen LogP contribution is 2.21. The Morgan fingerprint density at radius 3 is 2.30 bits per heavy atom. The summed E-state index contributed by atoms with van der Waals surface area (Å²) in [6, 6.07) is 19.3. The van der Waals surface area contributed by atoms with Crippen molar-refractivity contribution >= 4 is 33.2 Å². The Morgan fingerprint density at radius 1 is 1.00 bits per heavy atom. The van der Waals surface area contributed by atoms with Gasteiger partial charge in [-0.15, -0.1) is 0 Å². The summed E-state index contributed by atoms with van der Waals surface area (Å²) in [6.45, 7) is 1.87. The maximum absolute atomic E-state index is 12.6. The fourth-order valence-corrected chi connectivity index (χ4v) is 3.98. The predicted molar refractivity (Wildman–Crippen MR) is 118 cm³/mol. The molecule has 0 fully saturated rings. The van der Waals surface area contributed by atoms with Gasteiger partial charge in [-0.25, -0.2) is 8.42 Å². The van der Waals surface area contributed by atoms with Gasteiger partial charge in [0.15, 0.2) is 0 Å². The average molecular weight is 445 g/mol. The standard InChI is InChI=1S/C22H21ClN2O4S/c1-15(16-6-10-20(29-2)11-7-16)24-22(26)17-4-3-5-19(14-17)25-30(27,28)21-12-8-18(23)9-13-21/h3-15,25H,1-2H3,(H,24,26)/t15-/m1/s1. The molecule has 0 heterocycles. The highest BCUT2D eigenvalue weighted by Gasteiger charge is 2.16. The molecule has 1 amide bonds. The molecular weight excluding hydrogens is 424 g/mol. The van der Waals surface area contributed by atoms with Gasteiger partial charge in [-0.1, -0.05) is 29.8 Å². The molecule has 0 spiro atoms. The molecule has 1 atom stereocenters. The Balaban J connectivity index is 1.72. The van der Waals surface area contributed by atoms with E-state index in [0.29, 0.717) is 10.6 Å². The number of anilines is 1. The summed E-state index contributed by atoms with van der Waals surface area (Å²) in [5.74, 6) is 0.420. The Kier molecular flexibility index (Phi) is 6.64.